The first-order chi connectivity index (χ1) is 13.3. The van der Waals surface area contributed by atoms with Crippen LogP contribution in [0.1, 0.15) is 22.0 Å². The molecule has 146 valence electrons. The fourth-order valence-corrected chi connectivity index (χ4v) is 4.81. The maximum absolute atomic E-state index is 13.0. The lowest BCUT2D eigenvalue weighted by Gasteiger charge is -2.18. The summed E-state index contributed by atoms with van der Waals surface area (Å²) in [6, 6.07) is 14.2. The van der Waals surface area contributed by atoms with Gasteiger partial charge in [0, 0.05) is 10.9 Å². The van der Waals surface area contributed by atoms with Gasteiger partial charge in [-0.25, -0.2) is 8.42 Å². The molecule has 9 heteroatoms. The van der Waals surface area contributed by atoms with Gasteiger partial charge >= 0.3 is 5.69 Å². The van der Waals surface area contributed by atoms with Crippen LogP contribution in [0.15, 0.2) is 64.9 Å². The highest BCUT2D eigenvalue weighted by Gasteiger charge is 2.26. The highest BCUT2D eigenvalue weighted by molar-refractivity contribution is 7.89. The van der Waals surface area contributed by atoms with Crippen LogP contribution in [0.4, 0.5) is 5.69 Å². The summed E-state index contributed by atoms with van der Waals surface area (Å²) in [6.07, 6.45) is 0. The molecule has 28 heavy (non-hydrogen) atoms. The Morgan fingerprint density at radius 3 is 2.43 bits per heavy atom. The number of aryl methyl sites for hydroxylation is 1. The summed E-state index contributed by atoms with van der Waals surface area (Å²) in [5.74, 6) is -0.00251. The Bertz CT molecular complexity index is 1080. The normalized spacial score (nSPS) is 12.5. The maximum Gasteiger partial charge on any atom is 0.312 e. The number of nitro groups is 1. The third-order valence-corrected chi connectivity index (χ3v) is 6.53. The molecule has 0 radical (unpaired) electrons. The van der Waals surface area contributed by atoms with Gasteiger partial charge in [-0.05, 0) is 36.1 Å². The van der Waals surface area contributed by atoms with Crippen molar-refractivity contribution in [3.05, 3.63) is 86.1 Å². The minimum absolute atomic E-state index is 0.00251. The molecule has 0 saturated carbocycles. The standard InChI is InChI=1S/C19H18N2O5S2/c1-13-5-7-14(8-6-13)19(18-4-3-11-27-18)20-28(24,25)15-9-10-17(26-2)16(12-15)21(22)23/h3-12,19-20H,1-2H3. The summed E-state index contributed by atoms with van der Waals surface area (Å²) in [4.78, 5) is 11.2. The van der Waals surface area contributed by atoms with Crippen molar-refractivity contribution in [2.45, 2.75) is 17.9 Å². The summed E-state index contributed by atoms with van der Waals surface area (Å²) in [7, 11) is -2.74. The van der Waals surface area contributed by atoms with Gasteiger partial charge in [0.05, 0.1) is 23.0 Å². The van der Waals surface area contributed by atoms with Crippen molar-refractivity contribution in [3.8, 4) is 5.75 Å². The van der Waals surface area contributed by atoms with Gasteiger partial charge in [-0.3, -0.25) is 10.1 Å². The number of nitrogens with one attached hydrogen (secondary N) is 1. The molecule has 0 fully saturated rings. The molecular formula is C19H18N2O5S2. The first-order valence-corrected chi connectivity index (χ1v) is 10.6. The van der Waals surface area contributed by atoms with E-state index in [2.05, 4.69) is 4.72 Å². The minimum atomic E-state index is -4.03. The topological polar surface area (TPSA) is 98.5 Å². The molecule has 1 aromatic heterocycles. The molecule has 1 atom stereocenters. The lowest BCUT2D eigenvalue weighted by Crippen LogP contribution is -2.29. The largest absolute Gasteiger partial charge is 0.490 e. The Hall–Kier alpha value is -2.75. The molecule has 0 amide bonds. The van der Waals surface area contributed by atoms with Crippen LogP contribution in [0, 0.1) is 17.0 Å². The molecule has 0 bridgehead atoms. The van der Waals surface area contributed by atoms with E-state index in [4.69, 9.17) is 4.74 Å². The van der Waals surface area contributed by atoms with Crippen molar-refractivity contribution in [1.29, 1.82) is 0 Å². The van der Waals surface area contributed by atoms with E-state index in [-0.39, 0.29) is 10.6 Å². The van der Waals surface area contributed by atoms with Crippen molar-refractivity contribution in [1.82, 2.24) is 4.72 Å². The van der Waals surface area contributed by atoms with Crippen molar-refractivity contribution in [2.24, 2.45) is 0 Å². The van der Waals surface area contributed by atoms with E-state index in [1.807, 2.05) is 48.7 Å². The number of benzene rings is 2. The van der Waals surface area contributed by atoms with Gasteiger partial charge in [-0.15, -0.1) is 11.3 Å². The van der Waals surface area contributed by atoms with Crippen LogP contribution < -0.4 is 9.46 Å². The molecule has 0 saturated heterocycles. The molecular weight excluding hydrogens is 400 g/mol. The van der Waals surface area contributed by atoms with Crippen molar-refractivity contribution in [2.75, 3.05) is 7.11 Å². The first-order valence-electron chi connectivity index (χ1n) is 8.26. The number of nitro benzene ring substituents is 1. The number of nitrogens with zero attached hydrogens (tertiary/aromatic N) is 1. The smallest absolute Gasteiger partial charge is 0.312 e. The van der Waals surface area contributed by atoms with Gasteiger partial charge in [0.15, 0.2) is 5.75 Å². The summed E-state index contributed by atoms with van der Waals surface area (Å²) in [5.41, 5.74) is 1.43. The molecule has 1 N–H and O–H groups in total. The quantitative estimate of drug-likeness (QED) is 0.461. The van der Waals surface area contributed by atoms with Gasteiger partial charge in [0.25, 0.3) is 0 Å². The summed E-state index contributed by atoms with van der Waals surface area (Å²) in [6.45, 7) is 1.95. The molecule has 0 spiro atoms. The van der Waals surface area contributed by atoms with E-state index in [9.17, 15) is 18.5 Å². The lowest BCUT2D eigenvalue weighted by molar-refractivity contribution is -0.386. The van der Waals surface area contributed by atoms with Gasteiger partial charge in [0.1, 0.15) is 0 Å². The number of methoxy groups -OCH3 is 1. The van der Waals surface area contributed by atoms with E-state index in [0.29, 0.717) is 0 Å². The number of rotatable bonds is 7. The van der Waals surface area contributed by atoms with Crippen LogP contribution in [-0.4, -0.2) is 20.5 Å². The average Bonchev–Trinajstić information content (AvgIpc) is 3.21. The van der Waals surface area contributed by atoms with E-state index < -0.39 is 26.7 Å². The third kappa shape index (κ3) is 4.22. The molecule has 3 aromatic rings. The monoisotopic (exact) mass is 418 g/mol. The maximum atomic E-state index is 13.0. The molecule has 0 aliphatic rings. The second-order valence-corrected chi connectivity index (χ2v) is 8.76. The Labute approximate surface area is 166 Å². The van der Waals surface area contributed by atoms with Crippen LogP contribution in [0.25, 0.3) is 0 Å². The van der Waals surface area contributed by atoms with Gasteiger partial charge in [-0.1, -0.05) is 35.9 Å². The molecule has 0 aliphatic carbocycles. The molecule has 1 unspecified atom stereocenters. The zero-order chi connectivity index (χ0) is 20.3. The third-order valence-electron chi connectivity index (χ3n) is 4.17. The zero-order valence-electron chi connectivity index (χ0n) is 15.2. The number of ether oxygens (including phenoxy) is 1. The van der Waals surface area contributed by atoms with Crippen LogP contribution in [-0.2, 0) is 10.0 Å². The Kier molecular flexibility index (Phi) is 5.78. The SMILES string of the molecule is COc1ccc(S(=O)(=O)NC(c2ccc(C)cc2)c2cccs2)cc1[N+](=O)[O-]. The number of hydrogen-bond acceptors (Lipinski definition) is 6. The van der Waals surface area contributed by atoms with E-state index in [0.717, 1.165) is 22.1 Å². The highest BCUT2D eigenvalue weighted by atomic mass is 32.2. The fraction of sp³-hybridized carbons (Fsp3) is 0.158. The summed E-state index contributed by atoms with van der Waals surface area (Å²) < 4.78 is 33.6. The summed E-state index contributed by atoms with van der Waals surface area (Å²) >= 11 is 1.42. The van der Waals surface area contributed by atoms with Crippen molar-refractivity contribution < 1.29 is 18.1 Å². The minimum Gasteiger partial charge on any atom is -0.490 e. The number of sulfonamides is 1. The van der Waals surface area contributed by atoms with Crippen LogP contribution in [0.2, 0.25) is 0 Å². The fourth-order valence-electron chi connectivity index (χ4n) is 2.71. The predicted molar refractivity (Wildman–Crippen MR) is 107 cm³/mol. The molecule has 7 nitrogen and oxygen atoms in total. The number of thiophene rings is 1. The summed E-state index contributed by atoms with van der Waals surface area (Å²) in [5, 5.41) is 13.1. The van der Waals surface area contributed by atoms with Crippen LogP contribution in [0.5, 0.6) is 5.75 Å². The average molecular weight is 418 g/mol. The Morgan fingerprint density at radius 2 is 1.86 bits per heavy atom. The molecule has 2 aromatic carbocycles. The lowest BCUT2D eigenvalue weighted by atomic mass is 10.0. The van der Waals surface area contributed by atoms with Gasteiger partial charge in [0.2, 0.25) is 10.0 Å². The second-order valence-electron chi connectivity index (χ2n) is 6.07. The molecule has 0 aliphatic heterocycles. The highest BCUT2D eigenvalue weighted by Crippen LogP contribution is 2.32. The van der Waals surface area contributed by atoms with Crippen molar-refractivity contribution >= 4 is 27.0 Å². The Morgan fingerprint density at radius 1 is 1.14 bits per heavy atom. The number of hydrogen-bond donors (Lipinski definition) is 1. The van der Waals surface area contributed by atoms with Crippen LogP contribution in [0.3, 0.4) is 0 Å². The van der Waals surface area contributed by atoms with E-state index in [1.54, 1.807) is 0 Å². The van der Waals surface area contributed by atoms with E-state index in [1.165, 1.54) is 30.6 Å². The van der Waals surface area contributed by atoms with Gasteiger partial charge in [-0.2, -0.15) is 4.72 Å². The van der Waals surface area contributed by atoms with Gasteiger partial charge < -0.3 is 4.74 Å². The molecule has 3 rings (SSSR count). The van der Waals surface area contributed by atoms with Crippen molar-refractivity contribution in [3.63, 3.8) is 0 Å². The van der Waals surface area contributed by atoms with E-state index >= 15 is 0 Å². The molecule has 1 heterocycles. The van der Waals surface area contributed by atoms with Crippen LogP contribution >= 0.6 is 11.3 Å². The Balaban J connectivity index is 2.01. The zero-order valence-corrected chi connectivity index (χ0v) is 16.8. The first kappa shape index (κ1) is 20.0. The second kappa shape index (κ2) is 8.09. The predicted octanol–water partition coefficient (Wildman–Crippen LogP) is 4.04.